The van der Waals surface area contributed by atoms with E-state index in [1.807, 2.05) is 12.3 Å². The second-order valence-corrected chi connectivity index (χ2v) is 3.69. The van der Waals surface area contributed by atoms with Crippen LogP contribution in [0.5, 0.6) is 0 Å². The maximum atomic E-state index is 12.0. The average Bonchev–Trinajstić information content (AvgIpc) is 2.84. The van der Waals surface area contributed by atoms with Gasteiger partial charge in [-0.3, -0.25) is 9.48 Å². The lowest BCUT2D eigenvalue weighted by molar-refractivity contribution is -0.126. The Kier molecular flexibility index (Phi) is 3.66. The molecule has 2 rings (SSSR count). The number of halogens is 2. The van der Waals surface area contributed by atoms with Gasteiger partial charge in [-0.2, -0.15) is 13.9 Å². The van der Waals surface area contributed by atoms with Crippen molar-refractivity contribution in [3.63, 3.8) is 0 Å². The van der Waals surface area contributed by atoms with E-state index in [4.69, 9.17) is 0 Å². The van der Waals surface area contributed by atoms with E-state index in [0.29, 0.717) is 12.2 Å². The highest BCUT2D eigenvalue weighted by Crippen LogP contribution is 2.11. The Morgan fingerprint density at radius 3 is 2.61 bits per heavy atom. The Bertz CT molecular complexity index is 509. The summed E-state index contributed by atoms with van der Waals surface area (Å²) in [5.74, 6) is -1.30. The molecule has 0 saturated heterocycles. The summed E-state index contributed by atoms with van der Waals surface area (Å²) in [5.41, 5.74) is 1.32. The molecule has 0 aliphatic carbocycles. The summed E-state index contributed by atoms with van der Waals surface area (Å²) in [6.45, 7) is 0.593. The number of nitrogens with zero attached hydrogens (tertiary/aromatic N) is 2. The lowest BCUT2D eigenvalue weighted by Gasteiger charge is -2.06. The largest absolute Gasteiger partial charge is 0.321 e. The van der Waals surface area contributed by atoms with Gasteiger partial charge in [0.25, 0.3) is 5.91 Å². The molecular formula is C12H11F2N3O. The van der Waals surface area contributed by atoms with Crippen LogP contribution in [0.3, 0.4) is 0 Å². The molecule has 18 heavy (non-hydrogen) atoms. The average molecular weight is 251 g/mol. The first kappa shape index (κ1) is 12.2. The third-order valence-corrected chi connectivity index (χ3v) is 2.32. The number of carbonyl (C=O) groups is 1. The molecule has 0 aliphatic rings. The summed E-state index contributed by atoms with van der Waals surface area (Å²) >= 11 is 0. The van der Waals surface area contributed by atoms with Crippen molar-refractivity contribution in [1.29, 1.82) is 0 Å². The van der Waals surface area contributed by atoms with E-state index in [1.165, 1.54) is 0 Å². The Morgan fingerprint density at radius 2 is 2.06 bits per heavy atom. The minimum Gasteiger partial charge on any atom is -0.321 e. The molecule has 0 fully saturated rings. The molecule has 1 amide bonds. The highest BCUT2D eigenvalue weighted by Gasteiger charge is 2.14. The highest BCUT2D eigenvalue weighted by molar-refractivity contribution is 5.92. The second kappa shape index (κ2) is 5.39. The Hall–Kier alpha value is -2.24. The summed E-state index contributed by atoms with van der Waals surface area (Å²) in [6.07, 6.45) is 0.498. The predicted molar refractivity (Wildman–Crippen MR) is 62.4 cm³/mol. The standard InChI is InChI=1S/C12H11F2N3O/c13-11(14)12(18)16-10-4-2-9(3-5-10)8-17-7-1-6-15-17/h1-7,11H,8H2,(H,16,18). The van der Waals surface area contributed by atoms with Gasteiger partial charge < -0.3 is 5.32 Å². The van der Waals surface area contributed by atoms with Crippen LogP contribution in [-0.2, 0) is 11.3 Å². The number of aromatic nitrogens is 2. The van der Waals surface area contributed by atoms with E-state index < -0.39 is 12.3 Å². The van der Waals surface area contributed by atoms with Gasteiger partial charge in [0.15, 0.2) is 0 Å². The monoisotopic (exact) mass is 251 g/mol. The second-order valence-electron chi connectivity index (χ2n) is 3.69. The lowest BCUT2D eigenvalue weighted by Crippen LogP contribution is -2.19. The fraction of sp³-hybridized carbons (Fsp3) is 0.167. The molecule has 6 heteroatoms. The van der Waals surface area contributed by atoms with E-state index in [0.717, 1.165) is 5.56 Å². The van der Waals surface area contributed by atoms with Gasteiger partial charge in [-0.05, 0) is 23.8 Å². The van der Waals surface area contributed by atoms with Gasteiger partial charge in [-0.1, -0.05) is 12.1 Å². The van der Waals surface area contributed by atoms with E-state index >= 15 is 0 Å². The van der Waals surface area contributed by atoms with Gasteiger partial charge in [0.2, 0.25) is 0 Å². The minimum absolute atomic E-state index is 0.351. The number of amides is 1. The smallest absolute Gasteiger partial charge is 0.315 e. The first-order chi connectivity index (χ1) is 8.65. The topological polar surface area (TPSA) is 46.9 Å². The fourth-order valence-electron chi connectivity index (χ4n) is 1.47. The van der Waals surface area contributed by atoms with Crippen LogP contribution in [0.15, 0.2) is 42.7 Å². The fourth-order valence-corrected chi connectivity index (χ4v) is 1.47. The van der Waals surface area contributed by atoms with Crippen molar-refractivity contribution in [1.82, 2.24) is 9.78 Å². The lowest BCUT2D eigenvalue weighted by atomic mass is 10.2. The molecule has 0 atom stereocenters. The van der Waals surface area contributed by atoms with E-state index in [-0.39, 0.29) is 0 Å². The van der Waals surface area contributed by atoms with Crippen molar-refractivity contribution in [3.8, 4) is 0 Å². The van der Waals surface area contributed by atoms with Crippen molar-refractivity contribution in [3.05, 3.63) is 48.3 Å². The molecule has 0 spiro atoms. The van der Waals surface area contributed by atoms with E-state index in [1.54, 1.807) is 35.1 Å². The Balaban J connectivity index is 1.99. The molecule has 1 N–H and O–H groups in total. The third kappa shape index (κ3) is 3.13. The highest BCUT2D eigenvalue weighted by atomic mass is 19.3. The van der Waals surface area contributed by atoms with Crippen LogP contribution in [0.1, 0.15) is 5.56 Å². The summed E-state index contributed by atoms with van der Waals surface area (Å²) in [7, 11) is 0. The first-order valence-electron chi connectivity index (χ1n) is 5.30. The van der Waals surface area contributed by atoms with Crippen LogP contribution in [0.25, 0.3) is 0 Å². The molecule has 0 saturated carbocycles. The van der Waals surface area contributed by atoms with Gasteiger partial charge >= 0.3 is 6.43 Å². The molecule has 0 radical (unpaired) electrons. The van der Waals surface area contributed by atoms with Gasteiger partial charge in [-0.25, -0.2) is 0 Å². The molecule has 4 nitrogen and oxygen atoms in total. The zero-order chi connectivity index (χ0) is 13.0. The Morgan fingerprint density at radius 1 is 1.33 bits per heavy atom. The molecule has 0 unspecified atom stereocenters. The SMILES string of the molecule is O=C(Nc1ccc(Cn2cccn2)cc1)C(F)F. The minimum atomic E-state index is -3.01. The van der Waals surface area contributed by atoms with Gasteiger partial charge in [0.05, 0.1) is 6.54 Å². The van der Waals surface area contributed by atoms with Crippen molar-refractivity contribution in [2.45, 2.75) is 13.0 Å². The number of alkyl halides is 2. The Labute approximate surface area is 102 Å². The van der Waals surface area contributed by atoms with Crippen LogP contribution < -0.4 is 5.32 Å². The summed E-state index contributed by atoms with van der Waals surface area (Å²) in [6, 6.07) is 8.49. The maximum Gasteiger partial charge on any atom is 0.315 e. The molecule has 1 aromatic heterocycles. The van der Waals surface area contributed by atoms with Crippen LogP contribution in [-0.4, -0.2) is 22.1 Å². The van der Waals surface area contributed by atoms with Gasteiger partial charge in [-0.15, -0.1) is 0 Å². The van der Waals surface area contributed by atoms with Crippen molar-refractivity contribution in [2.24, 2.45) is 0 Å². The number of benzene rings is 1. The van der Waals surface area contributed by atoms with Crippen molar-refractivity contribution in [2.75, 3.05) is 5.32 Å². The van der Waals surface area contributed by atoms with Gasteiger partial charge in [0, 0.05) is 18.1 Å². The number of anilines is 1. The molecule has 0 bridgehead atoms. The predicted octanol–water partition coefficient (Wildman–Crippen LogP) is 2.13. The number of rotatable bonds is 4. The van der Waals surface area contributed by atoms with E-state index in [2.05, 4.69) is 10.4 Å². The zero-order valence-corrected chi connectivity index (χ0v) is 9.38. The quantitative estimate of drug-likeness (QED) is 0.904. The molecule has 0 aliphatic heterocycles. The molecule has 94 valence electrons. The molecule has 1 aromatic carbocycles. The third-order valence-electron chi connectivity index (χ3n) is 2.32. The maximum absolute atomic E-state index is 12.0. The molecular weight excluding hydrogens is 240 g/mol. The number of hydrogen-bond acceptors (Lipinski definition) is 2. The zero-order valence-electron chi connectivity index (χ0n) is 9.38. The van der Waals surface area contributed by atoms with Crippen molar-refractivity contribution < 1.29 is 13.6 Å². The first-order valence-corrected chi connectivity index (χ1v) is 5.30. The molecule has 1 heterocycles. The normalized spacial score (nSPS) is 10.6. The number of hydrogen-bond donors (Lipinski definition) is 1. The van der Waals surface area contributed by atoms with Crippen molar-refractivity contribution >= 4 is 11.6 Å². The van der Waals surface area contributed by atoms with Crippen LogP contribution in [0, 0.1) is 0 Å². The number of carbonyl (C=O) groups excluding carboxylic acids is 1. The molecule has 2 aromatic rings. The van der Waals surface area contributed by atoms with Crippen LogP contribution >= 0.6 is 0 Å². The summed E-state index contributed by atoms with van der Waals surface area (Å²) < 4.78 is 25.8. The number of nitrogens with one attached hydrogen (secondary N) is 1. The van der Waals surface area contributed by atoms with Crippen LogP contribution in [0.2, 0.25) is 0 Å². The van der Waals surface area contributed by atoms with E-state index in [9.17, 15) is 13.6 Å². The summed E-state index contributed by atoms with van der Waals surface area (Å²) in [4.78, 5) is 10.8. The summed E-state index contributed by atoms with van der Waals surface area (Å²) in [5, 5.41) is 6.17. The van der Waals surface area contributed by atoms with Gasteiger partial charge in [0.1, 0.15) is 0 Å². The van der Waals surface area contributed by atoms with Crippen LogP contribution in [0.4, 0.5) is 14.5 Å².